The predicted molar refractivity (Wildman–Crippen MR) is 79.9 cm³/mol. The molecular formula is C16H25NO2. The highest BCUT2D eigenvalue weighted by molar-refractivity contribution is 5.52. The Morgan fingerprint density at radius 2 is 1.47 bits per heavy atom. The van der Waals surface area contributed by atoms with Crippen molar-refractivity contribution >= 4 is 5.69 Å². The third-order valence-electron chi connectivity index (χ3n) is 3.42. The summed E-state index contributed by atoms with van der Waals surface area (Å²) < 4.78 is 0. The van der Waals surface area contributed by atoms with Crippen LogP contribution >= 0.6 is 0 Å². The molecule has 0 spiro atoms. The molecule has 3 heteroatoms. The molecule has 0 saturated carbocycles. The Kier molecular flexibility index (Phi) is 4.08. The first kappa shape index (κ1) is 15.7. The van der Waals surface area contributed by atoms with Gasteiger partial charge < -0.3 is 0 Å². The van der Waals surface area contributed by atoms with E-state index < -0.39 is 0 Å². The van der Waals surface area contributed by atoms with Crippen LogP contribution in [0.5, 0.6) is 0 Å². The fraction of sp³-hybridized carbons (Fsp3) is 0.625. The first-order valence-electron chi connectivity index (χ1n) is 6.80. The maximum Gasteiger partial charge on any atom is 0.273 e. The smallest absolute Gasteiger partial charge is 0.258 e. The van der Waals surface area contributed by atoms with Gasteiger partial charge in [0.15, 0.2) is 0 Å². The van der Waals surface area contributed by atoms with E-state index in [4.69, 9.17) is 0 Å². The van der Waals surface area contributed by atoms with Crippen molar-refractivity contribution in [3.8, 4) is 0 Å². The van der Waals surface area contributed by atoms with Gasteiger partial charge in [0.1, 0.15) is 0 Å². The third kappa shape index (κ3) is 3.34. The molecule has 1 aromatic carbocycles. The predicted octanol–water partition coefficient (Wildman–Crippen LogP) is 4.75. The van der Waals surface area contributed by atoms with Crippen molar-refractivity contribution in [2.75, 3.05) is 0 Å². The van der Waals surface area contributed by atoms with Crippen molar-refractivity contribution in [1.82, 2.24) is 0 Å². The summed E-state index contributed by atoms with van der Waals surface area (Å²) in [5, 5.41) is 11.3. The van der Waals surface area contributed by atoms with Gasteiger partial charge in [0, 0.05) is 11.6 Å². The molecule has 0 radical (unpaired) electrons. The first-order valence-corrected chi connectivity index (χ1v) is 6.80. The SMILES string of the molecule is CCc1cc([N+](=O)[O-])c(C(C)(C)C)cc1C(C)(C)C. The van der Waals surface area contributed by atoms with Crippen LogP contribution in [0.2, 0.25) is 0 Å². The lowest BCUT2D eigenvalue weighted by atomic mass is 9.77. The Balaban J connectivity index is 3.67. The summed E-state index contributed by atoms with van der Waals surface area (Å²) in [6, 6.07) is 3.80. The second-order valence-corrected chi connectivity index (χ2v) is 7.14. The summed E-state index contributed by atoms with van der Waals surface area (Å²) in [5.41, 5.74) is 3.13. The maximum atomic E-state index is 11.3. The molecular weight excluding hydrogens is 238 g/mol. The summed E-state index contributed by atoms with van der Waals surface area (Å²) in [6.07, 6.45) is 0.817. The van der Waals surface area contributed by atoms with E-state index in [0.29, 0.717) is 0 Å². The Bertz CT molecular complexity index is 491. The average Bonchev–Trinajstić information content (AvgIpc) is 2.24. The van der Waals surface area contributed by atoms with E-state index in [1.54, 1.807) is 6.07 Å². The zero-order chi connectivity index (χ0) is 15.0. The van der Waals surface area contributed by atoms with Crippen molar-refractivity contribution < 1.29 is 4.92 Å². The van der Waals surface area contributed by atoms with Gasteiger partial charge in [0.25, 0.3) is 5.69 Å². The minimum Gasteiger partial charge on any atom is -0.258 e. The van der Waals surface area contributed by atoms with Gasteiger partial charge in [-0.05, 0) is 34.4 Å². The number of benzene rings is 1. The first-order chi connectivity index (χ1) is 8.48. The molecule has 0 amide bonds. The number of nitro benzene ring substituents is 1. The lowest BCUT2D eigenvalue weighted by Crippen LogP contribution is -2.20. The topological polar surface area (TPSA) is 43.1 Å². The number of nitrogens with zero attached hydrogens (tertiary/aromatic N) is 1. The minimum absolute atomic E-state index is 0.000468. The molecule has 0 aromatic heterocycles. The van der Waals surface area contributed by atoms with Crippen LogP contribution in [0.15, 0.2) is 12.1 Å². The molecule has 0 aliphatic rings. The third-order valence-corrected chi connectivity index (χ3v) is 3.42. The molecule has 0 unspecified atom stereocenters. The highest BCUT2D eigenvalue weighted by Crippen LogP contribution is 2.37. The minimum atomic E-state index is -0.258. The van der Waals surface area contributed by atoms with Crippen LogP contribution in [0.4, 0.5) is 5.69 Å². The summed E-state index contributed by atoms with van der Waals surface area (Å²) in [6.45, 7) is 14.6. The molecule has 3 nitrogen and oxygen atoms in total. The second-order valence-electron chi connectivity index (χ2n) is 7.14. The molecule has 106 valence electrons. The molecule has 0 aliphatic carbocycles. The molecule has 0 fully saturated rings. The number of hydrogen-bond acceptors (Lipinski definition) is 2. The fourth-order valence-electron chi connectivity index (χ4n) is 2.37. The van der Waals surface area contributed by atoms with Crippen molar-refractivity contribution in [2.24, 2.45) is 0 Å². The fourth-order valence-corrected chi connectivity index (χ4v) is 2.37. The van der Waals surface area contributed by atoms with Gasteiger partial charge in [-0.1, -0.05) is 48.5 Å². The van der Waals surface area contributed by atoms with Crippen LogP contribution in [-0.4, -0.2) is 4.92 Å². The van der Waals surface area contributed by atoms with Crippen molar-refractivity contribution in [3.63, 3.8) is 0 Å². The monoisotopic (exact) mass is 263 g/mol. The van der Waals surface area contributed by atoms with Crippen LogP contribution in [0, 0.1) is 10.1 Å². The summed E-state index contributed by atoms with van der Waals surface area (Å²) in [7, 11) is 0. The van der Waals surface area contributed by atoms with Gasteiger partial charge in [-0.2, -0.15) is 0 Å². The van der Waals surface area contributed by atoms with Gasteiger partial charge in [-0.3, -0.25) is 10.1 Å². The Morgan fingerprint density at radius 3 is 1.79 bits per heavy atom. The largest absolute Gasteiger partial charge is 0.273 e. The van der Waals surface area contributed by atoms with E-state index in [1.807, 2.05) is 33.8 Å². The lowest BCUT2D eigenvalue weighted by molar-refractivity contribution is -0.386. The molecule has 0 aliphatic heterocycles. The standard InChI is InChI=1S/C16H25NO2/c1-8-11-9-14(17(18)19)13(16(5,6)7)10-12(11)15(2,3)4/h9-10H,8H2,1-7H3. The van der Waals surface area contributed by atoms with Gasteiger partial charge >= 0.3 is 0 Å². The van der Waals surface area contributed by atoms with E-state index in [1.165, 1.54) is 5.56 Å². The van der Waals surface area contributed by atoms with Crippen molar-refractivity contribution in [1.29, 1.82) is 0 Å². The molecule has 0 N–H and O–H groups in total. The molecule has 0 atom stereocenters. The number of rotatable bonds is 2. The average molecular weight is 263 g/mol. The molecule has 1 aromatic rings. The molecule has 1 rings (SSSR count). The number of aryl methyl sites for hydroxylation is 1. The van der Waals surface area contributed by atoms with E-state index in [9.17, 15) is 10.1 Å². The zero-order valence-corrected chi connectivity index (χ0v) is 13.1. The zero-order valence-electron chi connectivity index (χ0n) is 13.1. The van der Waals surface area contributed by atoms with Crippen molar-refractivity contribution in [3.05, 3.63) is 38.9 Å². The Labute approximate surface area is 116 Å². The molecule has 19 heavy (non-hydrogen) atoms. The summed E-state index contributed by atoms with van der Waals surface area (Å²) >= 11 is 0. The van der Waals surface area contributed by atoms with Gasteiger partial charge in [0.2, 0.25) is 0 Å². The quantitative estimate of drug-likeness (QED) is 0.570. The molecule has 0 heterocycles. The summed E-state index contributed by atoms with van der Waals surface area (Å²) in [5.74, 6) is 0. The Morgan fingerprint density at radius 1 is 1.00 bits per heavy atom. The number of hydrogen-bond donors (Lipinski definition) is 0. The van der Waals surface area contributed by atoms with Crippen LogP contribution in [0.25, 0.3) is 0 Å². The highest BCUT2D eigenvalue weighted by atomic mass is 16.6. The van der Waals surface area contributed by atoms with E-state index >= 15 is 0 Å². The second kappa shape index (κ2) is 4.95. The maximum absolute atomic E-state index is 11.3. The van der Waals surface area contributed by atoms with E-state index in [-0.39, 0.29) is 21.4 Å². The molecule has 0 bridgehead atoms. The van der Waals surface area contributed by atoms with Gasteiger partial charge in [-0.15, -0.1) is 0 Å². The molecule has 0 saturated heterocycles. The van der Waals surface area contributed by atoms with Crippen LogP contribution in [0.3, 0.4) is 0 Å². The van der Waals surface area contributed by atoms with Crippen LogP contribution < -0.4 is 0 Å². The van der Waals surface area contributed by atoms with E-state index in [0.717, 1.165) is 17.5 Å². The summed E-state index contributed by atoms with van der Waals surface area (Å²) in [4.78, 5) is 11.0. The van der Waals surface area contributed by atoms with Crippen LogP contribution in [-0.2, 0) is 17.3 Å². The van der Waals surface area contributed by atoms with Crippen LogP contribution in [0.1, 0.15) is 65.2 Å². The Hall–Kier alpha value is -1.38. The van der Waals surface area contributed by atoms with Gasteiger partial charge in [-0.25, -0.2) is 0 Å². The number of nitro groups is 1. The van der Waals surface area contributed by atoms with Gasteiger partial charge in [0.05, 0.1) is 4.92 Å². The normalized spacial score (nSPS) is 12.6. The lowest BCUT2D eigenvalue weighted by Gasteiger charge is -2.27. The highest BCUT2D eigenvalue weighted by Gasteiger charge is 2.29. The van der Waals surface area contributed by atoms with Crippen molar-refractivity contribution in [2.45, 2.75) is 65.7 Å². The van der Waals surface area contributed by atoms with E-state index in [2.05, 4.69) is 20.8 Å².